The summed E-state index contributed by atoms with van der Waals surface area (Å²) in [4.78, 5) is 4.28. The van der Waals surface area contributed by atoms with Crippen molar-refractivity contribution in [3.8, 4) is 0 Å². The van der Waals surface area contributed by atoms with Crippen molar-refractivity contribution in [2.75, 3.05) is 11.9 Å². The van der Waals surface area contributed by atoms with Crippen molar-refractivity contribution in [1.82, 2.24) is 9.38 Å². The standard InChI is InChI=1S/C15H23N3/c1-2-3-4-5-6-7-11-16-14-9-8-10-15-17-12-13-18(14)15/h8-10,12-13,16H,2-7,11H2,1H3. The zero-order valence-corrected chi connectivity index (χ0v) is 11.2. The van der Waals surface area contributed by atoms with Gasteiger partial charge in [0.25, 0.3) is 0 Å². The summed E-state index contributed by atoms with van der Waals surface area (Å²) in [5, 5.41) is 3.49. The number of hydrogen-bond donors (Lipinski definition) is 1. The van der Waals surface area contributed by atoms with Gasteiger partial charge in [0.05, 0.1) is 0 Å². The SMILES string of the molecule is CCCCCCCCNc1cccc2nccn12. The Bertz CT molecular complexity index is 461. The van der Waals surface area contributed by atoms with Crippen LogP contribution >= 0.6 is 0 Å². The van der Waals surface area contributed by atoms with Crippen molar-refractivity contribution in [2.45, 2.75) is 45.4 Å². The molecule has 2 aromatic rings. The minimum absolute atomic E-state index is 1.00. The number of anilines is 1. The number of nitrogens with zero attached hydrogens (tertiary/aromatic N) is 2. The number of fused-ring (bicyclic) bond motifs is 1. The number of pyridine rings is 1. The lowest BCUT2D eigenvalue weighted by Crippen LogP contribution is -2.05. The van der Waals surface area contributed by atoms with Gasteiger partial charge in [-0.3, -0.25) is 4.40 Å². The number of imidazole rings is 1. The molecule has 3 heteroatoms. The molecule has 0 fully saturated rings. The topological polar surface area (TPSA) is 29.3 Å². The van der Waals surface area contributed by atoms with Crippen LogP contribution in [0, 0.1) is 0 Å². The van der Waals surface area contributed by atoms with Gasteiger partial charge >= 0.3 is 0 Å². The molecule has 2 heterocycles. The van der Waals surface area contributed by atoms with Crippen LogP contribution < -0.4 is 5.32 Å². The molecule has 0 amide bonds. The predicted molar refractivity (Wildman–Crippen MR) is 77.1 cm³/mol. The van der Waals surface area contributed by atoms with Gasteiger partial charge in [0.2, 0.25) is 0 Å². The lowest BCUT2D eigenvalue weighted by Gasteiger charge is -2.08. The normalized spacial score (nSPS) is 10.9. The minimum Gasteiger partial charge on any atom is -0.371 e. The molecule has 0 saturated heterocycles. The van der Waals surface area contributed by atoms with Gasteiger partial charge in [0.1, 0.15) is 11.5 Å². The van der Waals surface area contributed by atoms with Crippen LogP contribution in [0.4, 0.5) is 5.82 Å². The first kappa shape index (κ1) is 12.9. The van der Waals surface area contributed by atoms with Gasteiger partial charge in [-0.05, 0) is 18.6 Å². The van der Waals surface area contributed by atoms with E-state index in [1.165, 1.54) is 38.5 Å². The smallest absolute Gasteiger partial charge is 0.138 e. The lowest BCUT2D eigenvalue weighted by molar-refractivity contribution is 0.616. The Labute approximate surface area is 109 Å². The first-order valence-electron chi connectivity index (χ1n) is 7.08. The molecule has 0 bridgehead atoms. The van der Waals surface area contributed by atoms with Crippen molar-refractivity contribution in [2.24, 2.45) is 0 Å². The molecule has 0 spiro atoms. The van der Waals surface area contributed by atoms with Crippen molar-refractivity contribution < 1.29 is 0 Å². The van der Waals surface area contributed by atoms with Gasteiger partial charge in [-0.1, -0.05) is 45.1 Å². The molecule has 0 saturated carbocycles. The summed E-state index contributed by atoms with van der Waals surface area (Å²) in [5.41, 5.74) is 1.00. The molecule has 0 atom stereocenters. The maximum absolute atomic E-state index is 4.28. The molecular weight excluding hydrogens is 222 g/mol. The molecule has 0 aliphatic heterocycles. The van der Waals surface area contributed by atoms with Gasteiger partial charge in [-0.2, -0.15) is 0 Å². The molecule has 1 N–H and O–H groups in total. The van der Waals surface area contributed by atoms with Gasteiger partial charge < -0.3 is 5.32 Å². The molecule has 2 rings (SSSR count). The predicted octanol–water partition coefficient (Wildman–Crippen LogP) is 4.11. The fraction of sp³-hybridized carbons (Fsp3) is 0.533. The number of nitrogens with one attached hydrogen (secondary N) is 1. The van der Waals surface area contributed by atoms with Gasteiger partial charge in [0, 0.05) is 18.9 Å². The van der Waals surface area contributed by atoms with Gasteiger partial charge in [-0.15, -0.1) is 0 Å². The molecule has 2 aromatic heterocycles. The van der Waals surface area contributed by atoms with Crippen LogP contribution in [0.2, 0.25) is 0 Å². The van der Waals surface area contributed by atoms with Gasteiger partial charge in [0.15, 0.2) is 0 Å². The second kappa shape index (κ2) is 7.04. The number of hydrogen-bond acceptors (Lipinski definition) is 2. The lowest BCUT2D eigenvalue weighted by atomic mass is 10.1. The highest BCUT2D eigenvalue weighted by molar-refractivity contribution is 5.49. The maximum Gasteiger partial charge on any atom is 0.138 e. The molecule has 3 nitrogen and oxygen atoms in total. The maximum atomic E-state index is 4.28. The van der Waals surface area contributed by atoms with E-state index in [1.807, 2.05) is 24.5 Å². The van der Waals surface area contributed by atoms with E-state index in [0.717, 1.165) is 18.0 Å². The summed E-state index contributed by atoms with van der Waals surface area (Å²) < 4.78 is 2.09. The highest BCUT2D eigenvalue weighted by Crippen LogP contribution is 2.11. The van der Waals surface area contributed by atoms with Gasteiger partial charge in [-0.25, -0.2) is 4.98 Å². The van der Waals surface area contributed by atoms with E-state index in [1.54, 1.807) is 0 Å². The average molecular weight is 245 g/mol. The van der Waals surface area contributed by atoms with Crippen LogP contribution in [0.15, 0.2) is 30.6 Å². The van der Waals surface area contributed by atoms with Crippen LogP contribution in [-0.2, 0) is 0 Å². The van der Waals surface area contributed by atoms with Crippen LogP contribution in [-0.4, -0.2) is 15.9 Å². The Hall–Kier alpha value is -1.51. The third kappa shape index (κ3) is 3.49. The molecule has 0 unspecified atom stereocenters. The highest BCUT2D eigenvalue weighted by atomic mass is 15.1. The van der Waals surface area contributed by atoms with Crippen molar-refractivity contribution in [3.63, 3.8) is 0 Å². The quantitative estimate of drug-likeness (QED) is 0.709. The van der Waals surface area contributed by atoms with Crippen molar-refractivity contribution in [1.29, 1.82) is 0 Å². The molecule has 18 heavy (non-hydrogen) atoms. The minimum atomic E-state index is 1.00. The monoisotopic (exact) mass is 245 g/mol. The van der Waals surface area contributed by atoms with Crippen LogP contribution in [0.25, 0.3) is 5.65 Å². The summed E-state index contributed by atoms with van der Waals surface area (Å²) in [6, 6.07) is 6.17. The molecule has 0 aromatic carbocycles. The van der Waals surface area contributed by atoms with E-state index in [2.05, 4.69) is 27.7 Å². The summed E-state index contributed by atoms with van der Waals surface area (Å²) >= 11 is 0. The van der Waals surface area contributed by atoms with E-state index in [4.69, 9.17) is 0 Å². The van der Waals surface area contributed by atoms with Crippen LogP contribution in [0.3, 0.4) is 0 Å². The van der Waals surface area contributed by atoms with Crippen LogP contribution in [0.1, 0.15) is 45.4 Å². The third-order valence-corrected chi connectivity index (χ3v) is 3.26. The summed E-state index contributed by atoms with van der Waals surface area (Å²) in [6.45, 7) is 3.30. The van der Waals surface area contributed by atoms with E-state index in [9.17, 15) is 0 Å². The Morgan fingerprint density at radius 3 is 2.83 bits per heavy atom. The third-order valence-electron chi connectivity index (χ3n) is 3.26. The number of rotatable bonds is 8. The first-order chi connectivity index (χ1) is 8.92. The Kier molecular flexibility index (Phi) is 5.06. The largest absolute Gasteiger partial charge is 0.371 e. The van der Waals surface area contributed by atoms with E-state index < -0.39 is 0 Å². The summed E-state index contributed by atoms with van der Waals surface area (Å²) in [6.07, 6.45) is 11.9. The fourth-order valence-electron chi connectivity index (χ4n) is 2.21. The van der Waals surface area contributed by atoms with Crippen molar-refractivity contribution in [3.05, 3.63) is 30.6 Å². The molecule has 98 valence electrons. The van der Waals surface area contributed by atoms with E-state index in [0.29, 0.717) is 0 Å². The number of unbranched alkanes of at least 4 members (excludes halogenated alkanes) is 5. The zero-order chi connectivity index (χ0) is 12.6. The highest BCUT2D eigenvalue weighted by Gasteiger charge is 1.98. The fourth-order valence-corrected chi connectivity index (χ4v) is 2.21. The Balaban J connectivity index is 1.72. The summed E-state index contributed by atoms with van der Waals surface area (Å²) in [7, 11) is 0. The summed E-state index contributed by atoms with van der Waals surface area (Å²) in [5.74, 6) is 1.14. The van der Waals surface area contributed by atoms with E-state index >= 15 is 0 Å². The van der Waals surface area contributed by atoms with Crippen molar-refractivity contribution >= 4 is 11.5 Å². The number of aromatic nitrogens is 2. The molecule has 0 aliphatic carbocycles. The average Bonchev–Trinajstić information content (AvgIpc) is 2.86. The Morgan fingerprint density at radius 1 is 1.11 bits per heavy atom. The second-order valence-electron chi connectivity index (χ2n) is 4.76. The molecule has 0 aliphatic rings. The van der Waals surface area contributed by atoms with E-state index in [-0.39, 0.29) is 0 Å². The second-order valence-corrected chi connectivity index (χ2v) is 4.76. The van der Waals surface area contributed by atoms with Crippen LogP contribution in [0.5, 0.6) is 0 Å². The zero-order valence-electron chi connectivity index (χ0n) is 11.2. The molecule has 0 radical (unpaired) electrons. The first-order valence-corrected chi connectivity index (χ1v) is 7.08. The Morgan fingerprint density at radius 2 is 1.94 bits per heavy atom. The molecular formula is C15H23N3.